The Morgan fingerprint density at radius 3 is 2.47 bits per heavy atom. The van der Waals surface area contributed by atoms with Crippen molar-refractivity contribution in [1.82, 2.24) is 0 Å². The number of fused-ring (bicyclic) bond motifs is 1. The first kappa shape index (κ1) is 10.8. The van der Waals surface area contributed by atoms with Crippen molar-refractivity contribution < 1.29 is 5.11 Å². The van der Waals surface area contributed by atoms with Gasteiger partial charge in [0.05, 0.1) is 6.10 Å². The first-order chi connectivity index (χ1) is 8.09. The van der Waals surface area contributed by atoms with Crippen molar-refractivity contribution in [2.75, 3.05) is 0 Å². The van der Waals surface area contributed by atoms with Gasteiger partial charge in [0.2, 0.25) is 0 Å². The maximum Gasteiger partial charge on any atom is 0.0829 e. The van der Waals surface area contributed by atoms with E-state index >= 15 is 0 Å². The summed E-state index contributed by atoms with van der Waals surface area (Å²) in [5.41, 5.74) is 1.38. The molecule has 0 radical (unpaired) electrons. The van der Waals surface area contributed by atoms with Crippen LogP contribution in [0.4, 0.5) is 0 Å². The normalized spacial score (nSPS) is 23.6. The Morgan fingerprint density at radius 2 is 1.76 bits per heavy atom. The van der Waals surface area contributed by atoms with Gasteiger partial charge in [-0.1, -0.05) is 56.3 Å². The molecule has 1 aliphatic rings. The maximum atomic E-state index is 10.5. The highest BCUT2D eigenvalue weighted by atomic mass is 16.3. The molecule has 0 heterocycles. The molecule has 3 rings (SSSR count). The van der Waals surface area contributed by atoms with Gasteiger partial charge in [0, 0.05) is 0 Å². The maximum absolute atomic E-state index is 10.5. The molecule has 0 saturated heterocycles. The van der Waals surface area contributed by atoms with E-state index in [1.54, 1.807) is 0 Å². The highest BCUT2D eigenvalue weighted by Gasteiger charge is 2.50. The van der Waals surface area contributed by atoms with Crippen LogP contribution in [0.15, 0.2) is 42.5 Å². The molecule has 1 aliphatic carbocycles. The molecular weight excluding hydrogens is 208 g/mol. The van der Waals surface area contributed by atoms with E-state index in [1.807, 2.05) is 18.2 Å². The van der Waals surface area contributed by atoms with Crippen molar-refractivity contribution in [3.63, 3.8) is 0 Å². The minimum absolute atomic E-state index is 0.302. The fraction of sp³-hybridized carbons (Fsp3) is 0.375. The molecule has 0 aromatic heterocycles. The summed E-state index contributed by atoms with van der Waals surface area (Å²) in [5, 5.41) is 12.9. The Hall–Kier alpha value is -1.34. The van der Waals surface area contributed by atoms with Gasteiger partial charge in [-0.3, -0.25) is 0 Å². The zero-order valence-electron chi connectivity index (χ0n) is 10.4. The molecule has 0 spiro atoms. The molecule has 1 N–H and O–H groups in total. The van der Waals surface area contributed by atoms with Gasteiger partial charge in [0.1, 0.15) is 0 Å². The van der Waals surface area contributed by atoms with Crippen LogP contribution in [0.25, 0.3) is 10.8 Å². The highest BCUT2D eigenvalue weighted by molar-refractivity contribution is 5.86. The third kappa shape index (κ3) is 1.75. The number of hydrogen-bond acceptors (Lipinski definition) is 1. The molecule has 88 valence electrons. The van der Waals surface area contributed by atoms with Crippen LogP contribution in [0, 0.1) is 11.3 Å². The van der Waals surface area contributed by atoms with Gasteiger partial charge in [-0.15, -0.1) is 0 Å². The summed E-state index contributed by atoms with van der Waals surface area (Å²) in [6.45, 7) is 4.46. The minimum Gasteiger partial charge on any atom is -0.388 e. The van der Waals surface area contributed by atoms with Crippen molar-refractivity contribution in [3.05, 3.63) is 48.0 Å². The Morgan fingerprint density at radius 1 is 1.12 bits per heavy atom. The van der Waals surface area contributed by atoms with Gasteiger partial charge in [0.15, 0.2) is 0 Å². The summed E-state index contributed by atoms with van der Waals surface area (Å²) in [4.78, 5) is 0. The summed E-state index contributed by atoms with van der Waals surface area (Å²) in [6.07, 6.45) is 0.799. The lowest BCUT2D eigenvalue weighted by atomic mass is 9.95. The summed E-state index contributed by atoms with van der Waals surface area (Å²) in [7, 11) is 0. The zero-order chi connectivity index (χ0) is 12.0. The third-order valence-electron chi connectivity index (χ3n) is 4.11. The van der Waals surface area contributed by atoms with E-state index in [2.05, 4.69) is 38.1 Å². The van der Waals surface area contributed by atoms with Gasteiger partial charge >= 0.3 is 0 Å². The first-order valence-electron chi connectivity index (χ1n) is 6.25. The monoisotopic (exact) mass is 226 g/mol. The van der Waals surface area contributed by atoms with Crippen LogP contribution in [-0.2, 0) is 0 Å². The topological polar surface area (TPSA) is 20.2 Å². The zero-order valence-corrected chi connectivity index (χ0v) is 10.4. The predicted molar refractivity (Wildman–Crippen MR) is 70.8 cm³/mol. The second-order valence-corrected chi connectivity index (χ2v) is 5.81. The molecule has 1 fully saturated rings. The summed E-state index contributed by atoms with van der Waals surface area (Å²) < 4.78 is 0. The fourth-order valence-corrected chi connectivity index (χ4v) is 2.77. The van der Waals surface area contributed by atoms with Crippen LogP contribution in [0.2, 0.25) is 0 Å². The van der Waals surface area contributed by atoms with Gasteiger partial charge < -0.3 is 5.11 Å². The van der Waals surface area contributed by atoms with Gasteiger partial charge in [0.25, 0.3) is 0 Å². The quantitative estimate of drug-likeness (QED) is 0.823. The SMILES string of the molecule is CC1(C)CC1C(O)c1cccc2ccccc12. The molecule has 1 saturated carbocycles. The smallest absolute Gasteiger partial charge is 0.0829 e. The summed E-state index contributed by atoms with van der Waals surface area (Å²) in [6, 6.07) is 14.5. The molecule has 1 nitrogen and oxygen atoms in total. The van der Waals surface area contributed by atoms with E-state index in [4.69, 9.17) is 0 Å². The summed E-state index contributed by atoms with van der Waals surface area (Å²) in [5.74, 6) is 0.410. The predicted octanol–water partition coefficient (Wildman–Crippen LogP) is 3.92. The lowest BCUT2D eigenvalue weighted by Gasteiger charge is -2.15. The van der Waals surface area contributed by atoms with Crippen LogP contribution >= 0.6 is 0 Å². The molecule has 0 bridgehead atoms. The van der Waals surface area contributed by atoms with E-state index in [0.29, 0.717) is 11.3 Å². The second kappa shape index (κ2) is 3.58. The van der Waals surface area contributed by atoms with Crippen molar-refractivity contribution in [2.45, 2.75) is 26.4 Å². The molecule has 2 aromatic rings. The lowest BCUT2D eigenvalue weighted by Crippen LogP contribution is -2.05. The van der Waals surface area contributed by atoms with E-state index in [0.717, 1.165) is 12.0 Å². The standard InChI is InChI=1S/C16H18O/c1-16(2)10-14(16)15(17)13-9-5-7-11-6-3-4-8-12(11)13/h3-9,14-15,17H,10H2,1-2H3. The second-order valence-electron chi connectivity index (χ2n) is 5.81. The Bertz CT molecular complexity index is 551. The lowest BCUT2D eigenvalue weighted by molar-refractivity contribution is 0.140. The van der Waals surface area contributed by atoms with Gasteiger partial charge in [-0.05, 0) is 34.1 Å². The molecular formula is C16H18O. The third-order valence-corrected chi connectivity index (χ3v) is 4.11. The number of aliphatic hydroxyl groups is 1. The molecule has 0 amide bonds. The van der Waals surface area contributed by atoms with Crippen LogP contribution < -0.4 is 0 Å². The van der Waals surface area contributed by atoms with E-state index in [-0.39, 0.29) is 6.10 Å². The van der Waals surface area contributed by atoms with Crippen LogP contribution in [0.1, 0.15) is 31.9 Å². The van der Waals surface area contributed by atoms with Gasteiger partial charge in [-0.2, -0.15) is 0 Å². The Balaban J connectivity index is 2.06. The van der Waals surface area contributed by atoms with Crippen molar-refractivity contribution in [3.8, 4) is 0 Å². The number of benzene rings is 2. The number of rotatable bonds is 2. The molecule has 2 unspecified atom stereocenters. The number of aliphatic hydroxyl groups excluding tert-OH is 1. The first-order valence-corrected chi connectivity index (χ1v) is 6.25. The fourth-order valence-electron chi connectivity index (χ4n) is 2.77. The van der Waals surface area contributed by atoms with Crippen molar-refractivity contribution >= 4 is 10.8 Å². The average Bonchev–Trinajstić information content (AvgIpc) is 2.97. The largest absolute Gasteiger partial charge is 0.388 e. The molecule has 2 atom stereocenters. The van der Waals surface area contributed by atoms with Crippen LogP contribution in [0.3, 0.4) is 0 Å². The van der Waals surface area contributed by atoms with E-state index < -0.39 is 0 Å². The Kier molecular flexibility index (Phi) is 2.27. The van der Waals surface area contributed by atoms with Gasteiger partial charge in [-0.25, -0.2) is 0 Å². The summed E-state index contributed by atoms with van der Waals surface area (Å²) >= 11 is 0. The van der Waals surface area contributed by atoms with E-state index in [1.165, 1.54) is 10.8 Å². The van der Waals surface area contributed by atoms with Crippen LogP contribution in [0.5, 0.6) is 0 Å². The molecule has 1 heteroatoms. The van der Waals surface area contributed by atoms with Crippen molar-refractivity contribution in [2.24, 2.45) is 11.3 Å². The average molecular weight is 226 g/mol. The van der Waals surface area contributed by atoms with Crippen LogP contribution in [-0.4, -0.2) is 5.11 Å². The van der Waals surface area contributed by atoms with Crippen molar-refractivity contribution in [1.29, 1.82) is 0 Å². The molecule has 0 aliphatic heterocycles. The minimum atomic E-state index is -0.323. The Labute approximate surface area is 102 Å². The van der Waals surface area contributed by atoms with E-state index in [9.17, 15) is 5.11 Å². The molecule has 17 heavy (non-hydrogen) atoms. The highest BCUT2D eigenvalue weighted by Crippen LogP contribution is 2.58. The molecule has 2 aromatic carbocycles. The number of hydrogen-bond donors (Lipinski definition) is 1.